The van der Waals surface area contributed by atoms with Crippen molar-refractivity contribution in [3.05, 3.63) is 0 Å². The van der Waals surface area contributed by atoms with Gasteiger partial charge in [-0.2, -0.15) is 0 Å². The third kappa shape index (κ3) is 3.25. The topological polar surface area (TPSA) is 29.3 Å². The zero-order valence-corrected chi connectivity index (χ0v) is 10.2. The first kappa shape index (κ1) is 12.0. The average Bonchev–Trinajstić information content (AvgIpc) is 2.01. The van der Waals surface area contributed by atoms with Crippen LogP contribution >= 0.6 is 0 Å². The fourth-order valence-electron chi connectivity index (χ4n) is 2.52. The lowest BCUT2D eigenvalue weighted by molar-refractivity contribution is 0.0845. The fourth-order valence-corrected chi connectivity index (χ4v) is 2.52. The van der Waals surface area contributed by atoms with Crippen LogP contribution in [-0.2, 0) is 0 Å². The van der Waals surface area contributed by atoms with Crippen LogP contribution in [0.2, 0.25) is 0 Å². The van der Waals surface area contributed by atoms with Gasteiger partial charge in [0.05, 0.1) is 0 Å². The van der Waals surface area contributed by atoms with E-state index in [9.17, 15) is 0 Å². The van der Waals surface area contributed by atoms with E-state index in [0.29, 0.717) is 6.04 Å². The Balaban J connectivity index is 2.59. The normalized spacial score (nSPS) is 25.7. The van der Waals surface area contributed by atoms with Crippen LogP contribution in [0.3, 0.4) is 0 Å². The molecule has 84 valence electrons. The van der Waals surface area contributed by atoms with Gasteiger partial charge in [-0.25, -0.2) is 0 Å². The molecule has 0 aromatic rings. The fraction of sp³-hybridized carbons (Fsp3) is 1.00. The summed E-state index contributed by atoms with van der Waals surface area (Å²) in [6, 6.07) is 0.582. The van der Waals surface area contributed by atoms with Crippen molar-refractivity contribution in [1.29, 1.82) is 0 Å². The molecule has 2 nitrogen and oxygen atoms in total. The minimum Gasteiger partial charge on any atom is -0.324 e. The molecule has 14 heavy (non-hydrogen) atoms. The largest absolute Gasteiger partial charge is 0.324 e. The van der Waals surface area contributed by atoms with Crippen LogP contribution in [0.25, 0.3) is 0 Å². The third-order valence-electron chi connectivity index (χ3n) is 3.07. The molecule has 0 spiro atoms. The molecular weight excluding hydrogens is 172 g/mol. The first-order valence-electron chi connectivity index (χ1n) is 5.94. The molecule has 0 aliphatic carbocycles. The number of nitrogens with zero attached hydrogens (tertiary/aromatic N) is 1. The Morgan fingerprint density at radius 1 is 1.36 bits per heavy atom. The summed E-state index contributed by atoms with van der Waals surface area (Å²) in [5.74, 6) is 0.748. The van der Waals surface area contributed by atoms with Crippen molar-refractivity contribution in [3.63, 3.8) is 0 Å². The van der Waals surface area contributed by atoms with E-state index in [-0.39, 0.29) is 5.54 Å². The van der Waals surface area contributed by atoms with E-state index in [1.165, 1.54) is 32.4 Å². The highest BCUT2D eigenvalue weighted by atomic mass is 15.2. The summed E-state index contributed by atoms with van der Waals surface area (Å²) in [6.45, 7) is 11.3. The van der Waals surface area contributed by atoms with Crippen LogP contribution in [0.4, 0.5) is 0 Å². The predicted octanol–water partition coefficient (Wildman–Crippen LogP) is 2.23. The molecule has 0 aromatic heterocycles. The lowest BCUT2D eigenvalue weighted by Gasteiger charge is -2.44. The number of likely N-dealkylation sites (tertiary alicyclic amines) is 1. The van der Waals surface area contributed by atoms with Crippen LogP contribution in [0.15, 0.2) is 0 Å². The van der Waals surface area contributed by atoms with Crippen molar-refractivity contribution in [1.82, 2.24) is 4.90 Å². The highest BCUT2D eigenvalue weighted by molar-refractivity contribution is 4.92. The molecule has 0 aromatic carbocycles. The summed E-state index contributed by atoms with van der Waals surface area (Å²) in [4.78, 5) is 2.59. The van der Waals surface area contributed by atoms with Gasteiger partial charge in [-0.3, -0.25) is 4.90 Å². The maximum Gasteiger partial charge on any atom is 0.0270 e. The Morgan fingerprint density at radius 3 is 2.50 bits per heavy atom. The average molecular weight is 198 g/mol. The summed E-state index contributed by atoms with van der Waals surface area (Å²) in [6.07, 6.45) is 3.97. The summed E-state index contributed by atoms with van der Waals surface area (Å²) < 4.78 is 0. The Bertz CT molecular complexity index is 170. The van der Waals surface area contributed by atoms with Crippen molar-refractivity contribution in [2.75, 3.05) is 13.1 Å². The summed E-state index contributed by atoms with van der Waals surface area (Å²) >= 11 is 0. The number of hydrogen-bond acceptors (Lipinski definition) is 2. The smallest absolute Gasteiger partial charge is 0.0270 e. The maximum absolute atomic E-state index is 6.23. The van der Waals surface area contributed by atoms with Gasteiger partial charge in [-0.1, -0.05) is 20.3 Å². The van der Waals surface area contributed by atoms with Crippen LogP contribution in [0.1, 0.15) is 47.0 Å². The molecule has 1 heterocycles. The van der Waals surface area contributed by atoms with E-state index >= 15 is 0 Å². The standard InChI is InChI=1S/C12H26N2/c1-10(2)9-14-8-6-5-7-11(14)12(3,4)13/h10-11H,5-9,13H2,1-4H3. The lowest BCUT2D eigenvalue weighted by Crippen LogP contribution is -2.57. The van der Waals surface area contributed by atoms with Gasteiger partial charge >= 0.3 is 0 Å². The van der Waals surface area contributed by atoms with Gasteiger partial charge in [-0.15, -0.1) is 0 Å². The summed E-state index contributed by atoms with van der Waals surface area (Å²) in [5.41, 5.74) is 6.19. The Hall–Kier alpha value is -0.0800. The second kappa shape index (κ2) is 4.63. The molecule has 2 N–H and O–H groups in total. The highest BCUT2D eigenvalue weighted by Gasteiger charge is 2.32. The van der Waals surface area contributed by atoms with Crippen molar-refractivity contribution in [2.24, 2.45) is 11.7 Å². The lowest BCUT2D eigenvalue weighted by atomic mass is 9.86. The first-order valence-corrected chi connectivity index (χ1v) is 5.94. The van der Waals surface area contributed by atoms with Crippen LogP contribution in [0.5, 0.6) is 0 Å². The first-order chi connectivity index (χ1) is 6.41. The van der Waals surface area contributed by atoms with E-state index in [1.54, 1.807) is 0 Å². The number of nitrogens with two attached hydrogens (primary N) is 1. The number of rotatable bonds is 3. The van der Waals surface area contributed by atoms with E-state index in [1.807, 2.05) is 0 Å². The van der Waals surface area contributed by atoms with E-state index in [2.05, 4.69) is 32.6 Å². The molecule has 2 heteroatoms. The van der Waals surface area contributed by atoms with E-state index in [0.717, 1.165) is 5.92 Å². The van der Waals surface area contributed by atoms with E-state index < -0.39 is 0 Å². The quantitative estimate of drug-likeness (QED) is 0.753. The predicted molar refractivity (Wildman–Crippen MR) is 62.3 cm³/mol. The van der Waals surface area contributed by atoms with Crippen LogP contribution in [0, 0.1) is 5.92 Å². The molecule has 1 atom stereocenters. The highest BCUT2D eigenvalue weighted by Crippen LogP contribution is 2.25. The molecule has 0 amide bonds. The molecule has 0 radical (unpaired) electrons. The molecule has 0 saturated carbocycles. The molecular formula is C12H26N2. The molecule has 1 rings (SSSR count). The Morgan fingerprint density at radius 2 is 2.00 bits per heavy atom. The zero-order chi connectivity index (χ0) is 10.8. The molecule has 0 bridgehead atoms. The minimum atomic E-state index is -0.0463. The third-order valence-corrected chi connectivity index (χ3v) is 3.07. The maximum atomic E-state index is 6.23. The van der Waals surface area contributed by atoms with Gasteiger partial charge in [0.1, 0.15) is 0 Å². The second-order valence-corrected chi connectivity index (χ2v) is 5.72. The number of hydrogen-bond donors (Lipinski definition) is 1. The van der Waals surface area contributed by atoms with Gasteiger partial charge in [0.2, 0.25) is 0 Å². The van der Waals surface area contributed by atoms with Crippen LogP contribution in [-0.4, -0.2) is 29.6 Å². The zero-order valence-electron chi connectivity index (χ0n) is 10.2. The minimum absolute atomic E-state index is 0.0463. The van der Waals surface area contributed by atoms with Crippen molar-refractivity contribution in [3.8, 4) is 0 Å². The van der Waals surface area contributed by atoms with Gasteiger partial charge in [0.15, 0.2) is 0 Å². The summed E-state index contributed by atoms with van der Waals surface area (Å²) in [7, 11) is 0. The molecule has 1 aliphatic rings. The van der Waals surface area contributed by atoms with Gasteiger partial charge in [0.25, 0.3) is 0 Å². The molecule has 1 aliphatic heterocycles. The van der Waals surface area contributed by atoms with Crippen molar-refractivity contribution < 1.29 is 0 Å². The molecule has 1 unspecified atom stereocenters. The number of piperidine rings is 1. The Labute approximate surface area is 88.8 Å². The van der Waals surface area contributed by atoms with Gasteiger partial charge < -0.3 is 5.73 Å². The van der Waals surface area contributed by atoms with E-state index in [4.69, 9.17) is 5.73 Å². The monoisotopic (exact) mass is 198 g/mol. The van der Waals surface area contributed by atoms with Gasteiger partial charge in [-0.05, 0) is 39.2 Å². The molecule has 1 fully saturated rings. The van der Waals surface area contributed by atoms with Crippen molar-refractivity contribution in [2.45, 2.75) is 58.5 Å². The van der Waals surface area contributed by atoms with Gasteiger partial charge in [0, 0.05) is 18.1 Å². The summed E-state index contributed by atoms with van der Waals surface area (Å²) in [5, 5.41) is 0. The van der Waals surface area contributed by atoms with Crippen LogP contribution < -0.4 is 5.73 Å². The van der Waals surface area contributed by atoms with Crippen molar-refractivity contribution >= 4 is 0 Å². The molecule has 1 saturated heterocycles. The second-order valence-electron chi connectivity index (χ2n) is 5.72. The SMILES string of the molecule is CC(C)CN1CCCCC1C(C)(C)N. The Kier molecular flexibility index (Phi) is 3.96.